The Morgan fingerprint density at radius 2 is 1.84 bits per heavy atom. The third kappa shape index (κ3) is 8.77. The molecule has 0 bridgehead atoms. The molecule has 2 aromatic rings. The summed E-state index contributed by atoms with van der Waals surface area (Å²) < 4.78 is 42.9. The van der Waals surface area contributed by atoms with Crippen LogP contribution in [0, 0.1) is 0 Å². The molecule has 38 heavy (non-hydrogen) atoms. The fourth-order valence-electron chi connectivity index (χ4n) is 3.06. The van der Waals surface area contributed by atoms with Gasteiger partial charge in [-0.1, -0.05) is 6.10 Å². The van der Waals surface area contributed by atoms with Crippen LogP contribution in [-0.4, -0.2) is 101 Å². The number of nitrogens with zero attached hydrogens (tertiary/aromatic N) is 4. The Morgan fingerprint density at radius 3 is 2.47 bits per heavy atom. The van der Waals surface area contributed by atoms with Crippen molar-refractivity contribution in [3.05, 3.63) is 12.7 Å². The number of aliphatic hydroxyl groups is 4. The summed E-state index contributed by atoms with van der Waals surface area (Å²) in [4.78, 5) is 43.5. The van der Waals surface area contributed by atoms with Gasteiger partial charge < -0.3 is 55.1 Å². The van der Waals surface area contributed by atoms with E-state index in [1.165, 1.54) is 10.9 Å². The molecule has 1 aliphatic heterocycles. The van der Waals surface area contributed by atoms with Gasteiger partial charge in [-0.05, 0) is 0 Å². The number of phosphoric acid groups is 2. The number of hydrogen-bond acceptors (Lipinski definition) is 17. The largest absolute Gasteiger partial charge is 1.00 e. The predicted molar refractivity (Wildman–Crippen MR) is 108 cm³/mol. The van der Waals surface area contributed by atoms with Gasteiger partial charge in [0.1, 0.15) is 36.3 Å². The van der Waals surface area contributed by atoms with E-state index in [1.807, 2.05) is 0 Å². The minimum atomic E-state index is -5.63. The number of aldehydes is 1. The quantitative estimate of drug-likeness (QED) is 0.0745. The van der Waals surface area contributed by atoms with Crippen molar-refractivity contribution in [2.45, 2.75) is 42.9 Å². The number of ether oxygens (including phenoxy) is 1. The minimum absolute atomic E-state index is 0. The van der Waals surface area contributed by atoms with Gasteiger partial charge >= 0.3 is 66.9 Å². The predicted octanol–water partition coefficient (Wildman–Crippen LogP) is -10.7. The number of anilines is 1. The van der Waals surface area contributed by atoms with Gasteiger partial charge in [0, 0.05) is 6.61 Å². The zero-order chi connectivity index (χ0) is 26.8. The van der Waals surface area contributed by atoms with Crippen molar-refractivity contribution >= 4 is 38.9 Å². The minimum Gasteiger partial charge on any atom is -0.848 e. The Labute approximate surface area is 257 Å². The van der Waals surface area contributed by atoms with Crippen LogP contribution in [0.1, 0.15) is 6.23 Å². The van der Waals surface area contributed by atoms with Gasteiger partial charge in [-0.15, -0.1) is 0 Å². The SMILES string of the molecule is Nc1ncnc2c1ncn2[C@@H]1O[C@H](COP(=O)([O-])OP(=O)(O)OC[C@@H]([O-])[C@@H](O)[C@@H](O)C=O)[C@@H](O)[C@H]1O.[Na+].[Na+]. The van der Waals surface area contributed by atoms with E-state index in [2.05, 4.69) is 28.3 Å². The monoisotopic (exact) mass is 603 g/mol. The maximum Gasteiger partial charge on any atom is 1.00 e. The van der Waals surface area contributed by atoms with Gasteiger partial charge in [-0.3, -0.25) is 13.7 Å². The second-order valence-electron chi connectivity index (χ2n) is 7.37. The van der Waals surface area contributed by atoms with Gasteiger partial charge in [0.15, 0.2) is 24.0 Å². The maximum atomic E-state index is 12.0. The molecule has 1 fully saturated rings. The summed E-state index contributed by atoms with van der Waals surface area (Å²) in [7, 11) is -11.1. The molecule has 0 radical (unpaired) electrons. The fraction of sp³-hybridized carbons (Fsp3) is 0.600. The van der Waals surface area contributed by atoms with Crippen molar-refractivity contribution in [3.8, 4) is 0 Å². The number of aromatic nitrogens is 4. The van der Waals surface area contributed by atoms with E-state index in [0.29, 0.717) is 0 Å². The number of phosphoric ester groups is 2. The first-order valence-corrected chi connectivity index (χ1v) is 12.8. The molecule has 23 heteroatoms. The van der Waals surface area contributed by atoms with Gasteiger partial charge in [0.05, 0.1) is 19.0 Å². The second-order valence-corrected chi connectivity index (χ2v) is 10.4. The van der Waals surface area contributed by atoms with E-state index in [1.54, 1.807) is 0 Å². The summed E-state index contributed by atoms with van der Waals surface area (Å²) in [6.45, 7) is -2.32. The van der Waals surface area contributed by atoms with Crippen molar-refractivity contribution in [2.75, 3.05) is 18.9 Å². The fourth-order valence-corrected chi connectivity index (χ4v) is 5.11. The zero-order valence-corrected chi connectivity index (χ0v) is 25.6. The molecule has 3 heterocycles. The van der Waals surface area contributed by atoms with Gasteiger partial charge in [0.25, 0.3) is 7.82 Å². The zero-order valence-electron chi connectivity index (χ0n) is 19.9. The van der Waals surface area contributed by atoms with Crippen LogP contribution in [0.4, 0.5) is 5.82 Å². The number of imidazole rings is 1. The van der Waals surface area contributed by atoms with Gasteiger partial charge in [0.2, 0.25) is 0 Å². The summed E-state index contributed by atoms with van der Waals surface area (Å²) in [6, 6.07) is 0. The molecule has 2 aromatic heterocycles. The van der Waals surface area contributed by atoms with E-state index in [-0.39, 0.29) is 82.4 Å². The smallest absolute Gasteiger partial charge is 0.848 e. The standard InChI is InChI=1S/C15H22N5O14P2.2Na/c16-13-9-14(18-4-17-13)20(5-19-9)15-12(26)11(25)8(33-15)3-32-36(29,30)34-35(27,28)31-2-7(23)10(24)6(22)1-21;;/h1,4-8,10-12,15,22,24-26H,2-3H2,(H,27,28)(H,29,30)(H2,16,17,18);;/q-1;2*+1/p-1/t6-,7+,8+,10-,11+,12+,15+;;/m0../s1. The van der Waals surface area contributed by atoms with Crippen LogP contribution >= 0.6 is 15.6 Å². The van der Waals surface area contributed by atoms with Crippen LogP contribution in [0.5, 0.6) is 0 Å². The molecular formula is C15H21N5Na2O14P2. The average Bonchev–Trinajstić information content (AvgIpc) is 3.36. The summed E-state index contributed by atoms with van der Waals surface area (Å²) in [5.74, 6) is 0.0319. The molecular weight excluding hydrogens is 582 g/mol. The number of hydrogen-bond donors (Lipinski definition) is 6. The van der Waals surface area contributed by atoms with Crippen LogP contribution in [0.2, 0.25) is 0 Å². The molecule has 3 rings (SSSR count). The number of carbonyl (C=O) groups is 1. The third-order valence-electron chi connectivity index (χ3n) is 4.87. The number of aliphatic hydroxyl groups excluding tert-OH is 4. The number of carbonyl (C=O) groups excluding carboxylic acids is 1. The molecule has 0 aromatic carbocycles. The summed E-state index contributed by atoms with van der Waals surface area (Å²) in [5, 5.41) is 50.5. The van der Waals surface area contributed by atoms with Crippen LogP contribution in [0.3, 0.4) is 0 Å². The Hall–Kier alpha value is 0.0400. The van der Waals surface area contributed by atoms with E-state index in [0.717, 1.165) is 6.33 Å². The topological polar surface area (TPSA) is 305 Å². The third-order valence-corrected chi connectivity index (χ3v) is 7.44. The summed E-state index contributed by atoms with van der Waals surface area (Å²) in [5.41, 5.74) is 6.00. The van der Waals surface area contributed by atoms with Gasteiger partial charge in [-0.2, -0.15) is 0 Å². The molecule has 202 valence electrons. The van der Waals surface area contributed by atoms with Crippen molar-refractivity contribution in [2.24, 2.45) is 0 Å². The number of nitrogens with two attached hydrogens (primary N) is 1. The molecule has 2 unspecified atom stereocenters. The number of rotatable bonds is 12. The number of fused-ring (bicyclic) bond motifs is 1. The Balaban J connectivity index is 0.00000361. The van der Waals surface area contributed by atoms with Crippen LogP contribution in [0.15, 0.2) is 12.7 Å². The maximum absolute atomic E-state index is 12.0. The van der Waals surface area contributed by atoms with E-state index in [9.17, 15) is 44.1 Å². The molecule has 7 N–H and O–H groups in total. The van der Waals surface area contributed by atoms with Crippen molar-refractivity contribution in [1.82, 2.24) is 19.5 Å². The first-order chi connectivity index (χ1) is 16.8. The molecule has 1 saturated heterocycles. The van der Waals surface area contributed by atoms with E-state index < -0.39 is 71.7 Å². The van der Waals surface area contributed by atoms with Gasteiger partial charge in [-0.25, -0.2) is 23.8 Å². The normalized spacial score (nSPS) is 26.8. The molecule has 19 nitrogen and oxygen atoms in total. The van der Waals surface area contributed by atoms with E-state index in [4.69, 9.17) is 15.6 Å². The molecule has 9 atom stereocenters. The van der Waals surface area contributed by atoms with Crippen molar-refractivity contribution in [1.29, 1.82) is 0 Å². The Bertz CT molecular complexity index is 1180. The van der Waals surface area contributed by atoms with Crippen molar-refractivity contribution in [3.63, 3.8) is 0 Å². The molecule has 0 amide bonds. The molecule has 0 spiro atoms. The first-order valence-electron chi connectivity index (χ1n) is 9.82. The van der Waals surface area contributed by atoms with Crippen molar-refractivity contribution < 1.29 is 126 Å². The Morgan fingerprint density at radius 1 is 1.18 bits per heavy atom. The van der Waals surface area contributed by atoms with E-state index >= 15 is 0 Å². The summed E-state index contributed by atoms with van der Waals surface area (Å²) >= 11 is 0. The first kappa shape index (κ1) is 36.1. The van der Waals surface area contributed by atoms with Crippen LogP contribution < -0.4 is 74.8 Å². The average molecular weight is 603 g/mol. The summed E-state index contributed by atoms with van der Waals surface area (Å²) in [6.07, 6.45) is -10.6. The van der Waals surface area contributed by atoms with Crippen LogP contribution in [0.25, 0.3) is 11.2 Å². The molecule has 0 aliphatic carbocycles. The van der Waals surface area contributed by atoms with Crippen LogP contribution in [-0.2, 0) is 32.0 Å². The Kier molecular flexibility index (Phi) is 14.0. The molecule has 1 aliphatic rings. The second kappa shape index (κ2) is 14.8. The number of nitrogen functional groups attached to an aromatic ring is 1. The molecule has 0 saturated carbocycles.